The maximum absolute atomic E-state index is 10.9. The normalized spacial score (nSPS) is 35.9. The van der Waals surface area contributed by atoms with Gasteiger partial charge in [-0.2, -0.15) is 0 Å². The zero-order chi connectivity index (χ0) is 10.3. The molecule has 0 aromatic carbocycles. The number of carboxylic acid groups (broad SMARTS) is 1. The first kappa shape index (κ1) is 9.97. The number of carbonyl (C=O) groups is 1. The van der Waals surface area contributed by atoms with E-state index in [4.69, 9.17) is 9.84 Å². The highest BCUT2D eigenvalue weighted by atomic mass is 16.5. The van der Waals surface area contributed by atoms with Crippen molar-refractivity contribution in [2.24, 2.45) is 11.3 Å². The summed E-state index contributed by atoms with van der Waals surface area (Å²) in [7, 11) is 0. The van der Waals surface area contributed by atoms with Gasteiger partial charge >= 0.3 is 5.97 Å². The minimum atomic E-state index is -0.710. The summed E-state index contributed by atoms with van der Waals surface area (Å²) in [6, 6.07) is 0. The van der Waals surface area contributed by atoms with Crippen LogP contribution in [-0.4, -0.2) is 23.3 Å². The average molecular weight is 198 g/mol. The Morgan fingerprint density at radius 2 is 1.93 bits per heavy atom. The largest absolute Gasteiger partial charge is 0.481 e. The minimum absolute atomic E-state index is 0.0527. The van der Waals surface area contributed by atoms with E-state index in [2.05, 4.69) is 0 Å². The van der Waals surface area contributed by atoms with Gasteiger partial charge in [-0.05, 0) is 12.8 Å². The van der Waals surface area contributed by atoms with E-state index in [1.165, 1.54) is 12.8 Å². The maximum Gasteiger partial charge on any atom is 0.309 e. The summed E-state index contributed by atoms with van der Waals surface area (Å²) in [5.41, 5.74) is -0.158. The third kappa shape index (κ3) is 1.54. The van der Waals surface area contributed by atoms with Gasteiger partial charge in [0.05, 0.1) is 18.1 Å². The van der Waals surface area contributed by atoms with Crippen LogP contribution >= 0.6 is 0 Å². The van der Waals surface area contributed by atoms with Crippen LogP contribution in [0.3, 0.4) is 0 Å². The quantitative estimate of drug-likeness (QED) is 0.755. The fourth-order valence-electron chi connectivity index (χ4n) is 2.52. The third-order valence-electron chi connectivity index (χ3n) is 3.64. The topological polar surface area (TPSA) is 46.5 Å². The lowest BCUT2D eigenvalue weighted by atomic mass is 10.1. The molecule has 80 valence electrons. The first-order valence-corrected chi connectivity index (χ1v) is 5.41. The van der Waals surface area contributed by atoms with E-state index in [-0.39, 0.29) is 17.4 Å². The second-order valence-electron chi connectivity index (χ2n) is 5.10. The van der Waals surface area contributed by atoms with Crippen LogP contribution in [0.15, 0.2) is 0 Å². The van der Waals surface area contributed by atoms with Gasteiger partial charge in [0.1, 0.15) is 0 Å². The molecule has 0 heterocycles. The Kier molecular flexibility index (Phi) is 2.30. The molecule has 2 rings (SSSR count). The fraction of sp³-hybridized carbons (Fsp3) is 0.909. The van der Waals surface area contributed by atoms with E-state index in [1.807, 2.05) is 13.8 Å². The molecule has 3 nitrogen and oxygen atoms in total. The van der Waals surface area contributed by atoms with Crippen molar-refractivity contribution in [3.63, 3.8) is 0 Å². The van der Waals surface area contributed by atoms with Gasteiger partial charge in [0.2, 0.25) is 0 Å². The molecule has 2 unspecified atom stereocenters. The van der Waals surface area contributed by atoms with Gasteiger partial charge in [-0.15, -0.1) is 0 Å². The van der Waals surface area contributed by atoms with Crippen molar-refractivity contribution in [2.45, 2.75) is 51.7 Å². The van der Waals surface area contributed by atoms with Gasteiger partial charge in [-0.25, -0.2) is 0 Å². The van der Waals surface area contributed by atoms with E-state index >= 15 is 0 Å². The maximum atomic E-state index is 10.9. The molecule has 0 bridgehead atoms. The van der Waals surface area contributed by atoms with Crippen LogP contribution in [0.5, 0.6) is 0 Å². The molecule has 2 atom stereocenters. The summed E-state index contributed by atoms with van der Waals surface area (Å²) < 4.78 is 5.83. The molecule has 2 aliphatic rings. The van der Waals surface area contributed by atoms with Crippen LogP contribution in [0.2, 0.25) is 0 Å². The molecule has 2 fully saturated rings. The van der Waals surface area contributed by atoms with Crippen LogP contribution in [0, 0.1) is 11.3 Å². The molecule has 0 aromatic heterocycles. The molecule has 0 spiro atoms. The number of carboxylic acids is 1. The molecule has 3 heteroatoms. The predicted octanol–water partition coefficient (Wildman–Crippen LogP) is 2.05. The number of hydrogen-bond donors (Lipinski definition) is 1. The van der Waals surface area contributed by atoms with Crippen molar-refractivity contribution < 1.29 is 14.6 Å². The first-order chi connectivity index (χ1) is 6.53. The lowest BCUT2D eigenvalue weighted by Gasteiger charge is -2.11. The summed E-state index contributed by atoms with van der Waals surface area (Å²) in [4.78, 5) is 10.9. The summed E-state index contributed by atoms with van der Waals surface area (Å²) in [6.45, 7) is 3.96. The Hall–Kier alpha value is -0.570. The van der Waals surface area contributed by atoms with Gasteiger partial charge in [-0.3, -0.25) is 4.79 Å². The van der Waals surface area contributed by atoms with Crippen LogP contribution in [0.25, 0.3) is 0 Å². The molecular formula is C11H18O3. The second kappa shape index (κ2) is 3.23. The van der Waals surface area contributed by atoms with Gasteiger partial charge in [0.15, 0.2) is 0 Å². The van der Waals surface area contributed by atoms with Crippen molar-refractivity contribution in [1.82, 2.24) is 0 Å². The van der Waals surface area contributed by atoms with E-state index < -0.39 is 5.97 Å². The molecular weight excluding hydrogens is 180 g/mol. The van der Waals surface area contributed by atoms with Gasteiger partial charge in [0, 0.05) is 5.41 Å². The Balaban J connectivity index is 1.90. The smallest absolute Gasteiger partial charge is 0.309 e. The van der Waals surface area contributed by atoms with Crippen molar-refractivity contribution in [1.29, 1.82) is 0 Å². The zero-order valence-corrected chi connectivity index (χ0v) is 8.82. The Bertz CT molecular complexity index is 241. The second-order valence-corrected chi connectivity index (χ2v) is 5.10. The van der Waals surface area contributed by atoms with Gasteiger partial charge in [-0.1, -0.05) is 26.7 Å². The molecule has 14 heavy (non-hydrogen) atoms. The number of ether oxygens (including phenoxy) is 1. The Morgan fingerprint density at radius 1 is 1.36 bits per heavy atom. The molecule has 0 aromatic rings. The van der Waals surface area contributed by atoms with E-state index in [1.54, 1.807) is 0 Å². The van der Waals surface area contributed by atoms with Crippen molar-refractivity contribution in [3.05, 3.63) is 0 Å². The lowest BCUT2D eigenvalue weighted by molar-refractivity contribution is -0.140. The molecule has 2 saturated carbocycles. The standard InChI is InChI=1S/C11H18O3/c1-11(2)8(10(12)13)9(11)14-7-5-3-4-6-7/h7-9H,3-6H2,1-2H3,(H,12,13). The molecule has 1 N–H and O–H groups in total. The van der Waals surface area contributed by atoms with Crippen molar-refractivity contribution >= 4 is 5.97 Å². The van der Waals surface area contributed by atoms with E-state index in [0.29, 0.717) is 6.10 Å². The third-order valence-corrected chi connectivity index (χ3v) is 3.64. The van der Waals surface area contributed by atoms with Crippen molar-refractivity contribution in [3.8, 4) is 0 Å². The highest BCUT2D eigenvalue weighted by Crippen LogP contribution is 2.55. The lowest BCUT2D eigenvalue weighted by Crippen LogP contribution is -2.13. The number of hydrogen-bond acceptors (Lipinski definition) is 2. The van der Waals surface area contributed by atoms with Crippen LogP contribution < -0.4 is 0 Å². The first-order valence-electron chi connectivity index (χ1n) is 5.41. The molecule has 0 radical (unpaired) electrons. The summed E-state index contributed by atoms with van der Waals surface area (Å²) in [5, 5.41) is 8.95. The van der Waals surface area contributed by atoms with Crippen molar-refractivity contribution in [2.75, 3.05) is 0 Å². The highest BCUT2D eigenvalue weighted by Gasteiger charge is 2.64. The summed E-state index contributed by atoms with van der Waals surface area (Å²) in [5.74, 6) is -0.999. The SMILES string of the molecule is CC1(C)C(OC2CCCC2)C1C(=O)O. The monoisotopic (exact) mass is 198 g/mol. The fourth-order valence-corrected chi connectivity index (χ4v) is 2.52. The Labute approximate surface area is 84.4 Å². The zero-order valence-electron chi connectivity index (χ0n) is 8.82. The van der Waals surface area contributed by atoms with Gasteiger partial charge in [0.25, 0.3) is 0 Å². The summed E-state index contributed by atoms with van der Waals surface area (Å²) in [6.07, 6.45) is 4.95. The number of rotatable bonds is 3. The van der Waals surface area contributed by atoms with Crippen LogP contribution in [-0.2, 0) is 9.53 Å². The molecule has 0 amide bonds. The van der Waals surface area contributed by atoms with E-state index in [9.17, 15) is 4.79 Å². The average Bonchev–Trinajstić information content (AvgIpc) is 2.50. The van der Waals surface area contributed by atoms with Gasteiger partial charge < -0.3 is 9.84 Å². The number of aliphatic carboxylic acids is 1. The highest BCUT2D eigenvalue weighted by molar-refractivity contribution is 5.76. The molecule has 0 aliphatic heterocycles. The predicted molar refractivity (Wildman–Crippen MR) is 52.0 cm³/mol. The van der Waals surface area contributed by atoms with E-state index in [0.717, 1.165) is 12.8 Å². The van der Waals surface area contributed by atoms with Crippen LogP contribution in [0.4, 0.5) is 0 Å². The van der Waals surface area contributed by atoms with Crippen LogP contribution in [0.1, 0.15) is 39.5 Å². The Morgan fingerprint density at radius 3 is 2.36 bits per heavy atom. The summed E-state index contributed by atoms with van der Waals surface area (Å²) >= 11 is 0. The minimum Gasteiger partial charge on any atom is -0.481 e. The molecule has 0 saturated heterocycles. The molecule has 2 aliphatic carbocycles.